The number of aromatic nitrogens is 1. The molecule has 0 bridgehead atoms. The Labute approximate surface area is 113 Å². The highest BCUT2D eigenvalue weighted by Gasteiger charge is 2.12. The summed E-state index contributed by atoms with van der Waals surface area (Å²) >= 11 is 5.04. The molecule has 2 aromatic rings. The molecule has 1 atom stereocenters. The van der Waals surface area contributed by atoms with E-state index in [0.717, 1.165) is 20.7 Å². The van der Waals surface area contributed by atoms with E-state index < -0.39 is 6.10 Å². The first-order valence-corrected chi connectivity index (χ1v) is 7.03. The molecule has 1 aromatic heterocycles. The van der Waals surface area contributed by atoms with E-state index in [1.54, 1.807) is 11.3 Å². The number of nitrogens with zero attached hydrogens (tertiary/aromatic N) is 1. The molecule has 2 nitrogen and oxygen atoms in total. The molecule has 0 saturated heterocycles. The second-order valence-corrected chi connectivity index (χ2v) is 6.22. The van der Waals surface area contributed by atoms with Gasteiger partial charge in [0.25, 0.3) is 0 Å². The number of rotatable bonds is 3. The van der Waals surface area contributed by atoms with Gasteiger partial charge in [-0.3, -0.25) is 0 Å². The molecule has 0 fully saturated rings. The van der Waals surface area contributed by atoms with E-state index >= 15 is 0 Å². The third-order valence-corrected chi connectivity index (χ3v) is 4.32. The van der Waals surface area contributed by atoms with Crippen LogP contribution in [0, 0.1) is 13.8 Å². The highest BCUT2D eigenvalue weighted by molar-refractivity contribution is 9.10. The molecule has 4 heteroatoms. The van der Waals surface area contributed by atoms with Gasteiger partial charge in [-0.25, -0.2) is 4.98 Å². The SMILES string of the molecule is Cc1nc(CC(O)c2ccc(Br)cc2)sc1C. The van der Waals surface area contributed by atoms with E-state index in [9.17, 15) is 5.11 Å². The van der Waals surface area contributed by atoms with Crippen molar-refractivity contribution in [2.24, 2.45) is 0 Å². The zero-order chi connectivity index (χ0) is 12.4. The molecule has 0 spiro atoms. The van der Waals surface area contributed by atoms with Crippen LogP contribution in [0.15, 0.2) is 28.7 Å². The van der Waals surface area contributed by atoms with Crippen LogP contribution in [0.2, 0.25) is 0 Å². The predicted octanol–water partition coefficient (Wildman–Crippen LogP) is 3.80. The van der Waals surface area contributed by atoms with Gasteiger partial charge in [-0.2, -0.15) is 0 Å². The second-order valence-electron chi connectivity index (χ2n) is 4.02. The van der Waals surface area contributed by atoms with E-state index in [-0.39, 0.29) is 0 Å². The van der Waals surface area contributed by atoms with Gasteiger partial charge >= 0.3 is 0 Å². The zero-order valence-corrected chi connectivity index (χ0v) is 12.2. The summed E-state index contributed by atoms with van der Waals surface area (Å²) in [5, 5.41) is 11.1. The highest BCUT2D eigenvalue weighted by Crippen LogP contribution is 2.24. The fraction of sp³-hybridized carbons (Fsp3) is 0.308. The summed E-state index contributed by atoms with van der Waals surface area (Å²) in [5.74, 6) is 0. The Hall–Kier alpha value is -0.710. The van der Waals surface area contributed by atoms with Gasteiger partial charge < -0.3 is 5.11 Å². The van der Waals surface area contributed by atoms with Crippen LogP contribution in [0.3, 0.4) is 0 Å². The Morgan fingerprint density at radius 1 is 1.29 bits per heavy atom. The lowest BCUT2D eigenvalue weighted by Gasteiger charge is -2.08. The van der Waals surface area contributed by atoms with E-state index in [1.165, 1.54) is 4.88 Å². The van der Waals surface area contributed by atoms with Gasteiger partial charge in [0, 0.05) is 15.8 Å². The topological polar surface area (TPSA) is 33.1 Å². The number of thiazole rings is 1. The van der Waals surface area contributed by atoms with Crippen LogP contribution in [0.5, 0.6) is 0 Å². The van der Waals surface area contributed by atoms with Crippen molar-refractivity contribution < 1.29 is 5.11 Å². The molecule has 90 valence electrons. The van der Waals surface area contributed by atoms with E-state index in [0.29, 0.717) is 6.42 Å². The number of hydrogen-bond acceptors (Lipinski definition) is 3. The molecule has 1 aromatic carbocycles. The number of aryl methyl sites for hydroxylation is 2. The minimum absolute atomic E-state index is 0.479. The fourth-order valence-electron chi connectivity index (χ4n) is 1.59. The first-order chi connectivity index (χ1) is 8.06. The van der Waals surface area contributed by atoms with Crippen molar-refractivity contribution >= 4 is 27.3 Å². The number of halogens is 1. The van der Waals surface area contributed by atoms with Gasteiger partial charge in [0.2, 0.25) is 0 Å². The van der Waals surface area contributed by atoms with Crippen molar-refractivity contribution in [1.82, 2.24) is 4.98 Å². The molecule has 1 N–H and O–H groups in total. The van der Waals surface area contributed by atoms with Crippen molar-refractivity contribution in [1.29, 1.82) is 0 Å². The molecule has 0 aliphatic carbocycles. The van der Waals surface area contributed by atoms with Crippen molar-refractivity contribution in [3.8, 4) is 0 Å². The lowest BCUT2D eigenvalue weighted by molar-refractivity contribution is 0.178. The molecule has 0 radical (unpaired) electrons. The van der Waals surface area contributed by atoms with Crippen LogP contribution in [0.4, 0.5) is 0 Å². The van der Waals surface area contributed by atoms with Crippen molar-refractivity contribution in [2.75, 3.05) is 0 Å². The summed E-state index contributed by atoms with van der Waals surface area (Å²) in [6, 6.07) is 7.75. The Morgan fingerprint density at radius 3 is 2.47 bits per heavy atom. The minimum atomic E-state index is -0.479. The molecule has 0 saturated carbocycles. The van der Waals surface area contributed by atoms with E-state index in [4.69, 9.17) is 0 Å². The maximum Gasteiger partial charge on any atom is 0.0960 e. The Bertz CT molecular complexity index is 487. The van der Waals surface area contributed by atoms with Gasteiger partial charge in [0.1, 0.15) is 0 Å². The number of benzene rings is 1. The molecule has 1 unspecified atom stereocenters. The summed E-state index contributed by atoms with van der Waals surface area (Å²) in [6.45, 7) is 4.06. The molecule has 0 aliphatic heterocycles. The van der Waals surface area contributed by atoms with Gasteiger partial charge in [-0.1, -0.05) is 28.1 Å². The smallest absolute Gasteiger partial charge is 0.0960 e. The van der Waals surface area contributed by atoms with Gasteiger partial charge in [0.05, 0.1) is 16.8 Å². The van der Waals surface area contributed by atoms with Crippen LogP contribution < -0.4 is 0 Å². The summed E-state index contributed by atoms with van der Waals surface area (Å²) < 4.78 is 1.02. The Kier molecular flexibility index (Phi) is 3.97. The minimum Gasteiger partial charge on any atom is -0.388 e. The highest BCUT2D eigenvalue weighted by atomic mass is 79.9. The standard InChI is InChI=1S/C13H14BrNOS/c1-8-9(2)17-13(15-8)7-12(16)10-3-5-11(14)6-4-10/h3-6,12,16H,7H2,1-2H3. The monoisotopic (exact) mass is 311 g/mol. The molecular formula is C13H14BrNOS. The number of aliphatic hydroxyl groups is 1. The fourth-order valence-corrected chi connectivity index (χ4v) is 2.83. The molecule has 17 heavy (non-hydrogen) atoms. The lowest BCUT2D eigenvalue weighted by Crippen LogP contribution is -2.01. The number of hydrogen-bond donors (Lipinski definition) is 1. The first-order valence-electron chi connectivity index (χ1n) is 5.42. The largest absolute Gasteiger partial charge is 0.388 e. The quantitative estimate of drug-likeness (QED) is 0.935. The zero-order valence-electron chi connectivity index (χ0n) is 9.77. The summed E-state index contributed by atoms with van der Waals surface area (Å²) in [5.41, 5.74) is 1.99. The van der Waals surface area contributed by atoms with Gasteiger partial charge in [-0.15, -0.1) is 11.3 Å². The molecule has 2 rings (SSSR count). The maximum atomic E-state index is 10.1. The Balaban J connectivity index is 2.11. The van der Waals surface area contributed by atoms with Crippen molar-refractivity contribution in [2.45, 2.75) is 26.4 Å². The number of aliphatic hydroxyl groups excluding tert-OH is 1. The third-order valence-electron chi connectivity index (χ3n) is 2.70. The Morgan fingerprint density at radius 2 is 1.94 bits per heavy atom. The molecule has 0 aliphatic rings. The molecular weight excluding hydrogens is 298 g/mol. The average Bonchev–Trinajstić information content (AvgIpc) is 2.58. The predicted molar refractivity (Wildman–Crippen MR) is 74.4 cm³/mol. The first kappa shape index (κ1) is 12.7. The lowest BCUT2D eigenvalue weighted by atomic mass is 10.1. The van der Waals surface area contributed by atoms with Gasteiger partial charge in [-0.05, 0) is 31.5 Å². The van der Waals surface area contributed by atoms with Crippen LogP contribution in [0.25, 0.3) is 0 Å². The van der Waals surface area contributed by atoms with E-state index in [2.05, 4.69) is 27.8 Å². The van der Waals surface area contributed by atoms with Crippen LogP contribution in [-0.2, 0) is 6.42 Å². The molecule has 0 amide bonds. The maximum absolute atomic E-state index is 10.1. The normalized spacial score (nSPS) is 12.7. The van der Waals surface area contributed by atoms with Crippen molar-refractivity contribution in [3.05, 3.63) is 49.9 Å². The van der Waals surface area contributed by atoms with Gasteiger partial charge in [0.15, 0.2) is 0 Å². The van der Waals surface area contributed by atoms with Crippen LogP contribution >= 0.6 is 27.3 Å². The third kappa shape index (κ3) is 3.15. The average molecular weight is 312 g/mol. The summed E-state index contributed by atoms with van der Waals surface area (Å²) in [7, 11) is 0. The summed E-state index contributed by atoms with van der Waals surface area (Å²) in [6.07, 6.45) is 0.106. The second kappa shape index (κ2) is 5.29. The van der Waals surface area contributed by atoms with Crippen LogP contribution in [-0.4, -0.2) is 10.1 Å². The molecule has 1 heterocycles. The van der Waals surface area contributed by atoms with E-state index in [1.807, 2.05) is 31.2 Å². The van der Waals surface area contributed by atoms with Crippen molar-refractivity contribution in [3.63, 3.8) is 0 Å². The van der Waals surface area contributed by atoms with Crippen LogP contribution in [0.1, 0.15) is 27.2 Å². The summed E-state index contributed by atoms with van der Waals surface area (Å²) in [4.78, 5) is 5.67.